The second-order valence-corrected chi connectivity index (χ2v) is 9.90. The molecule has 0 aliphatic carbocycles. The number of amides is 1. The fourth-order valence-electron chi connectivity index (χ4n) is 3.14. The van der Waals surface area contributed by atoms with Crippen molar-refractivity contribution in [1.29, 1.82) is 0 Å². The molecule has 1 amide bonds. The van der Waals surface area contributed by atoms with Crippen molar-refractivity contribution < 1.29 is 13.2 Å². The van der Waals surface area contributed by atoms with Gasteiger partial charge in [0, 0.05) is 23.7 Å². The van der Waals surface area contributed by atoms with Crippen LogP contribution in [0.1, 0.15) is 5.69 Å². The van der Waals surface area contributed by atoms with E-state index < -0.39 is 10.0 Å². The summed E-state index contributed by atoms with van der Waals surface area (Å²) < 4.78 is 27.2. The maximum Gasteiger partial charge on any atom is 0.264 e. The van der Waals surface area contributed by atoms with E-state index in [1.54, 1.807) is 36.4 Å². The van der Waals surface area contributed by atoms with Crippen molar-refractivity contribution in [1.82, 2.24) is 4.98 Å². The number of para-hydroxylation sites is 1. The van der Waals surface area contributed by atoms with Crippen molar-refractivity contribution in [3.8, 4) is 10.6 Å². The van der Waals surface area contributed by atoms with Crippen molar-refractivity contribution in [3.05, 3.63) is 96.0 Å². The minimum atomic E-state index is -3.77. The number of carbonyl (C=O) groups is 1. The molecule has 0 saturated heterocycles. The van der Waals surface area contributed by atoms with E-state index in [1.807, 2.05) is 41.8 Å². The van der Waals surface area contributed by atoms with Crippen LogP contribution >= 0.6 is 11.3 Å². The monoisotopic (exact) mass is 463 g/mol. The van der Waals surface area contributed by atoms with E-state index in [9.17, 15) is 13.2 Å². The third-order valence-corrected chi connectivity index (χ3v) is 7.53. The van der Waals surface area contributed by atoms with E-state index in [2.05, 4.69) is 10.3 Å². The van der Waals surface area contributed by atoms with Crippen LogP contribution < -0.4 is 9.62 Å². The molecule has 6 nitrogen and oxygen atoms in total. The number of benzene rings is 3. The minimum absolute atomic E-state index is 0.0988. The van der Waals surface area contributed by atoms with Gasteiger partial charge in [0.2, 0.25) is 5.91 Å². The molecule has 1 N–H and O–H groups in total. The lowest BCUT2D eigenvalue weighted by molar-refractivity contribution is -0.115. The van der Waals surface area contributed by atoms with E-state index in [4.69, 9.17) is 0 Å². The van der Waals surface area contributed by atoms with Gasteiger partial charge in [-0.25, -0.2) is 13.4 Å². The summed E-state index contributed by atoms with van der Waals surface area (Å²) in [6.45, 7) is 0. The number of thiazole rings is 1. The number of nitrogens with zero attached hydrogens (tertiary/aromatic N) is 2. The summed E-state index contributed by atoms with van der Waals surface area (Å²) >= 11 is 1.48. The lowest BCUT2D eigenvalue weighted by Crippen LogP contribution is -2.26. The van der Waals surface area contributed by atoms with E-state index in [1.165, 1.54) is 34.8 Å². The molecule has 0 unspecified atom stereocenters. The van der Waals surface area contributed by atoms with Gasteiger partial charge < -0.3 is 5.32 Å². The third kappa shape index (κ3) is 4.87. The summed E-state index contributed by atoms with van der Waals surface area (Å²) in [5.74, 6) is -0.263. The Labute approximate surface area is 191 Å². The number of hydrogen-bond donors (Lipinski definition) is 1. The number of anilines is 2. The Morgan fingerprint density at radius 1 is 0.969 bits per heavy atom. The van der Waals surface area contributed by atoms with Crippen LogP contribution in [0.3, 0.4) is 0 Å². The van der Waals surface area contributed by atoms with Crippen LogP contribution in [0.2, 0.25) is 0 Å². The Bertz CT molecular complexity index is 1320. The molecule has 0 radical (unpaired) electrons. The predicted molar refractivity (Wildman–Crippen MR) is 128 cm³/mol. The van der Waals surface area contributed by atoms with Crippen molar-refractivity contribution >= 4 is 38.6 Å². The number of sulfonamides is 1. The van der Waals surface area contributed by atoms with Crippen molar-refractivity contribution in [3.63, 3.8) is 0 Å². The summed E-state index contributed by atoms with van der Waals surface area (Å²) in [4.78, 5) is 17.2. The van der Waals surface area contributed by atoms with E-state index in [-0.39, 0.29) is 17.2 Å². The van der Waals surface area contributed by atoms with Gasteiger partial charge in [0.25, 0.3) is 10.0 Å². The van der Waals surface area contributed by atoms with Crippen LogP contribution in [0, 0.1) is 0 Å². The van der Waals surface area contributed by atoms with Crippen molar-refractivity contribution in [2.24, 2.45) is 0 Å². The van der Waals surface area contributed by atoms with Crippen LogP contribution in [-0.4, -0.2) is 26.4 Å². The first-order valence-electron chi connectivity index (χ1n) is 9.87. The van der Waals surface area contributed by atoms with E-state index >= 15 is 0 Å². The molecule has 0 saturated carbocycles. The van der Waals surface area contributed by atoms with Crippen LogP contribution in [0.15, 0.2) is 95.2 Å². The van der Waals surface area contributed by atoms with Gasteiger partial charge in [-0.15, -0.1) is 11.3 Å². The van der Waals surface area contributed by atoms with Gasteiger partial charge in [-0.3, -0.25) is 9.10 Å². The Morgan fingerprint density at radius 2 is 1.66 bits per heavy atom. The second-order valence-electron chi connectivity index (χ2n) is 7.07. The summed E-state index contributed by atoms with van der Waals surface area (Å²) in [6, 6.07) is 24.8. The normalized spacial score (nSPS) is 11.2. The third-order valence-electron chi connectivity index (χ3n) is 4.81. The molecule has 0 fully saturated rings. The standard InChI is InChI=1S/C24H21N3O3S2/c1-27(21-12-6-3-7-13-21)32(29,30)22-14-8-11-19(15-22)25-23(28)16-20-17-31-24(26-20)18-9-4-2-5-10-18/h2-15,17H,16H2,1H3,(H,25,28). The number of hydrogen-bond acceptors (Lipinski definition) is 5. The zero-order chi connectivity index (χ0) is 22.6. The molecule has 8 heteroatoms. The Hall–Kier alpha value is -3.49. The fraction of sp³-hybridized carbons (Fsp3) is 0.0833. The zero-order valence-corrected chi connectivity index (χ0v) is 18.9. The summed E-state index contributed by atoms with van der Waals surface area (Å²) in [7, 11) is -2.26. The maximum atomic E-state index is 13.0. The first-order valence-corrected chi connectivity index (χ1v) is 12.2. The molecule has 4 aromatic rings. The number of carbonyl (C=O) groups excluding carboxylic acids is 1. The van der Waals surface area contributed by atoms with Gasteiger partial charge >= 0.3 is 0 Å². The molecular weight excluding hydrogens is 442 g/mol. The molecule has 0 bridgehead atoms. The van der Waals surface area contributed by atoms with E-state index in [0.717, 1.165) is 10.6 Å². The highest BCUT2D eigenvalue weighted by Gasteiger charge is 2.21. The van der Waals surface area contributed by atoms with Gasteiger partial charge in [-0.05, 0) is 30.3 Å². The molecular formula is C24H21N3O3S2. The quantitative estimate of drug-likeness (QED) is 0.426. The average molecular weight is 464 g/mol. The zero-order valence-electron chi connectivity index (χ0n) is 17.3. The summed E-state index contributed by atoms with van der Waals surface area (Å²) in [6.07, 6.45) is 0.101. The highest BCUT2D eigenvalue weighted by molar-refractivity contribution is 7.92. The van der Waals surface area contributed by atoms with E-state index in [0.29, 0.717) is 17.1 Å². The smallest absolute Gasteiger partial charge is 0.264 e. The summed E-state index contributed by atoms with van der Waals surface area (Å²) in [5.41, 5.74) is 2.64. The molecule has 32 heavy (non-hydrogen) atoms. The lowest BCUT2D eigenvalue weighted by atomic mass is 10.2. The van der Waals surface area contributed by atoms with Gasteiger partial charge in [0.05, 0.1) is 22.7 Å². The maximum absolute atomic E-state index is 13.0. The highest BCUT2D eigenvalue weighted by Crippen LogP contribution is 2.25. The predicted octanol–water partition coefficient (Wildman–Crippen LogP) is 4.82. The number of aromatic nitrogens is 1. The first-order chi connectivity index (χ1) is 15.4. The Morgan fingerprint density at radius 3 is 2.38 bits per heavy atom. The minimum Gasteiger partial charge on any atom is -0.326 e. The molecule has 1 aromatic heterocycles. The largest absolute Gasteiger partial charge is 0.326 e. The number of rotatable bonds is 7. The average Bonchev–Trinajstić information content (AvgIpc) is 3.28. The topological polar surface area (TPSA) is 79.4 Å². The van der Waals surface area contributed by atoms with Crippen molar-refractivity contribution in [2.75, 3.05) is 16.7 Å². The Balaban J connectivity index is 1.46. The van der Waals surface area contributed by atoms with Gasteiger partial charge in [0.1, 0.15) is 5.01 Å². The molecule has 3 aromatic carbocycles. The molecule has 4 rings (SSSR count). The van der Waals surface area contributed by atoms with Gasteiger partial charge in [0.15, 0.2) is 0 Å². The van der Waals surface area contributed by atoms with Gasteiger partial charge in [-0.1, -0.05) is 54.6 Å². The molecule has 0 spiro atoms. The van der Waals surface area contributed by atoms with Crippen LogP contribution in [0.4, 0.5) is 11.4 Å². The molecule has 0 aliphatic heterocycles. The SMILES string of the molecule is CN(c1ccccc1)S(=O)(=O)c1cccc(NC(=O)Cc2csc(-c3ccccc3)n2)c1. The summed E-state index contributed by atoms with van der Waals surface area (Å²) in [5, 5.41) is 5.48. The lowest BCUT2D eigenvalue weighted by Gasteiger charge is -2.19. The van der Waals surface area contributed by atoms with Crippen LogP contribution in [0.25, 0.3) is 10.6 Å². The number of nitrogens with one attached hydrogen (secondary N) is 1. The highest BCUT2D eigenvalue weighted by atomic mass is 32.2. The van der Waals surface area contributed by atoms with Gasteiger partial charge in [-0.2, -0.15) is 0 Å². The molecule has 0 atom stereocenters. The second kappa shape index (κ2) is 9.33. The molecule has 162 valence electrons. The molecule has 0 aliphatic rings. The first kappa shape index (κ1) is 21.7. The van der Waals surface area contributed by atoms with Crippen LogP contribution in [-0.2, 0) is 21.2 Å². The molecule has 1 heterocycles. The fourth-order valence-corrected chi connectivity index (χ4v) is 5.21. The van der Waals surface area contributed by atoms with Crippen molar-refractivity contribution in [2.45, 2.75) is 11.3 Å². The Kier molecular flexibility index (Phi) is 6.34. The van der Waals surface area contributed by atoms with Crippen LogP contribution in [0.5, 0.6) is 0 Å².